The van der Waals surface area contributed by atoms with Crippen LogP contribution in [0.2, 0.25) is 0 Å². The van der Waals surface area contributed by atoms with Crippen molar-refractivity contribution in [3.05, 3.63) is 29.1 Å². The van der Waals surface area contributed by atoms with Gasteiger partial charge in [0, 0.05) is 0 Å². The van der Waals surface area contributed by atoms with Gasteiger partial charge >= 0.3 is 0 Å². The molecule has 1 unspecified atom stereocenters. The molecule has 1 aromatic rings. The highest BCUT2D eigenvalue weighted by atomic mass is 19.1. The topological polar surface area (TPSA) is 9.23 Å². The molecule has 0 amide bonds. The van der Waals surface area contributed by atoms with E-state index in [1.165, 1.54) is 12.8 Å². The summed E-state index contributed by atoms with van der Waals surface area (Å²) in [5.41, 5.74) is 1.79. The Kier molecular flexibility index (Phi) is 6.74. The Morgan fingerprint density at radius 1 is 1.32 bits per heavy atom. The lowest BCUT2D eigenvalue weighted by molar-refractivity contribution is 0.183. The molecule has 19 heavy (non-hydrogen) atoms. The van der Waals surface area contributed by atoms with Crippen LogP contribution in [0.3, 0.4) is 0 Å². The van der Waals surface area contributed by atoms with Crippen molar-refractivity contribution >= 4 is 0 Å². The van der Waals surface area contributed by atoms with E-state index in [0.717, 1.165) is 30.4 Å². The number of hydrogen-bond acceptors (Lipinski definition) is 1. The van der Waals surface area contributed by atoms with Crippen molar-refractivity contribution in [3.8, 4) is 5.75 Å². The number of halogens is 3. The van der Waals surface area contributed by atoms with Crippen LogP contribution >= 0.6 is 0 Å². The summed E-state index contributed by atoms with van der Waals surface area (Å²) < 4.78 is 40.2. The Hall–Kier alpha value is -1.19. The minimum atomic E-state index is -0.978. The summed E-state index contributed by atoms with van der Waals surface area (Å²) in [6, 6.07) is 3.42. The Balaban J connectivity index is 0.000000861. The van der Waals surface area contributed by atoms with Crippen molar-refractivity contribution in [3.63, 3.8) is 0 Å². The smallest absolute Gasteiger partial charge is 0.228 e. The van der Waals surface area contributed by atoms with E-state index in [9.17, 15) is 13.2 Å². The third-order valence-electron chi connectivity index (χ3n) is 3.52. The van der Waals surface area contributed by atoms with Crippen LogP contribution in [0.1, 0.15) is 37.3 Å². The number of hydrogen-bond donors (Lipinski definition) is 0. The number of fused-ring (bicyclic) bond motifs is 1. The van der Waals surface area contributed by atoms with Crippen LogP contribution < -0.4 is 4.74 Å². The van der Waals surface area contributed by atoms with Crippen molar-refractivity contribution in [1.29, 1.82) is 0 Å². The van der Waals surface area contributed by atoms with Gasteiger partial charge in [-0.15, -0.1) is 0 Å². The summed E-state index contributed by atoms with van der Waals surface area (Å²) in [6.45, 7) is 1.20. The molecule has 108 valence electrons. The molecule has 1 aliphatic rings. The van der Waals surface area contributed by atoms with Crippen LogP contribution in [0, 0.1) is 11.7 Å². The third-order valence-corrected chi connectivity index (χ3v) is 3.52. The van der Waals surface area contributed by atoms with Crippen LogP contribution in [0.4, 0.5) is 13.2 Å². The molecule has 0 aliphatic heterocycles. The SMILES string of the molecule is CCCC1CCc2c(ccc(OCF)c2F)C1.CF. The molecule has 1 nitrogen and oxygen atoms in total. The predicted molar refractivity (Wildman–Crippen MR) is 70.5 cm³/mol. The molecule has 1 aliphatic carbocycles. The van der Waals surface area contributed by atoms with E-state index >= 15 is 0 Å². The fourth-order valence-electron chi connectivity index (χ4n) is 2.69. The molecule has 0 radical (unpaired) electrons. The van der Waals surface area contributed by atoms with E-state index in [1.807, 2.05) is 6.07 Å². The van der Waals surface area contributed by atoms with E-state index in [-0.39, 0.29) is 11.6 Å². The molecule has 0 aromatic heterocycles. The number of benzene rings is 1. The van der Waals surface area contributed by atoms with Crippen LogP contribution in [0.15, 0.2) is 12.1 Å². The fraction of sp³-hybridized carbons (Fsp3) is 0.600. The van der Waals surface area contributed by atoms with Gasteiger partial charge in [0.25, 0.3) is 0 Å². The van der Waals surface area contributed by atoms with Gasteiger partial charge in [-0.25, -0.2) is 8.78 Å². The Labute approximate surface area is 112 Å². The second-order valence-electron chi connectivity index (χ2n) is 4.67. The largest absolute Gasteiger partial charge is 0.460 e. The zero-order valence-corrected chi connectivity index (χ0v) is 11.5. The third kappa shape index (κ3) is 3.88. The molecule has 2 rings (SSSR count). The average molecular weight is 274 g/mol. The van der Waals surface area contributed by atoms with Gasteiger partial charge in [0.05, 0.1) is 7.18 Å². The first-order valence-electron chi connectivity index (χ1n) is 6.63. The van der Waals surface area contributed by atoms with Crippen LogP contribution in [-0.4, -0.2) is 14.0 Å². The van der Waals surface area contributed by atoms with E-state index < -0.39 is 6.86 Å². The summed E-state index contributed by atoms with van der Waals surface area (Å²) in [5, 5.41) is 0. The molecule has 0 saturated carbocycles. The van der Waals surface area contributed by atoms with Crippen molar-refractivity contribution in [2.24, 2.45) is 5.92 Å². The van der Waals surface area contributed by atoms with E-state index in [4.69, 9.17) is 0 Å². The minimum Gasteiger partial charge on any atom is -0.460 e. The molecule has 0 saturated heterocycles. The lowest BCUT2D eigenvalue weighted by atomic mass is 9.81. The monoisotopic (exact) mass is 274 g/mol. The molecular weight excluding hydrogens is 253 g/mol. The van der Waals surface area contributed by atoms with E-state index in [0.29, 0.717) is 13.1 Å². The standard InChI is InChI=1S/C14H18F2O.CH3F/c1-2-3-10-4-6-12-11(8-10)5-7-13(14(12)16)17-9-15;1-2/h5,7,10H,2-4,6,8-9H2,1H3;1H3. The molecule has 0 N–H and O–H groups in total. The van der Waals surface area contributed by atoms with Crippen LogP contribution in [0.25, 0.3) is 0 Å². The van der Waals surface area contributed by atoms with Gasteiger partial charge in [0.1, 0.15) is 0 Å². The van der Waals surface area contributed by atoms with E-state index in [2.05, 4.69) is 11.7 Å². The summed E-state index contributed by atoms with van der Waals surface area (Å²) in [7, 11) is 0.500. The normalized spacial score (nSPS) is 17.2. The molecule has 0 heterocycles. The lowest BCUT2D eigenvalue weighted by Gasteiger charge is -2.25. The van der Waals surface area contributed by atoms with Crippen molar-refractivity contribution < 1.29 is 17.9 Å². The first-order valence-corrected chi connectivity index (χ1v) is 6.63. The number of ether oxygens (including phenoxy) is 1. The first kappa shape index (κ1) is 15.9. The highest BCUT2D eigenvalue weighted by Crippen LogP contribution is 2.33. The summed E-state index contributed by atoms with van der Waals surface area (Å²) in [5.74, 6) is 0.343. The van der Waals surface area contributed by atoms with Gasteiger partial charge in [-0.1, -0.05) is 25.8 Å². The number of alkyl halides is 2. The minimum absolute atomic E-state index is 0.0418. The second-order valence-corrected chi connectivity index (χ2v) is 4.67. The molecule has 0 spiro atoms. The van der Waals surface area contributed by atoms with Crippen LogP contribution in [0.5, 0.6) is 5.75 Å². The zero-order valence-electron chi connectivity index (χ0n) is 11.5. The molecule has 0 bridgehead atoms. The fourth-order valence-corrected chi connectivity index (χ4v) is 2.69. The van der Waals surface area contributed by atoms with E-state index in [1.54, 1.807) is 6.07 Å². The summed E-state index contributed by atoms with van der Waals surface area (Å²) in [6.07, 6.45) is 5.08. The maximum Gasteiger partial charge on any atom is 0.228 e. The summed E-state index contributed by atoms with van der Waals surface area (Å²) >= 11 is 0. The van der Waals surface area contributed by atoms with Crippen LogP contribution in [-0.2, 0) is 12.8 Å². The maximum absolute atomic E-state index is 14.0. The van der Waals surface area contributed by atoms with Crippen molar-refractivity contribution in [2.45, 2.75) is 39.0 Å². The van der Waals surface area contributed by atoms with Gasteiger partial charge < -0.3 is 4.74 Å². The average Bonchev–Trinajstić information content (AvgIpc) is 2.45. The number of rotatable bonds is 4. The van der Waals surface area contributed by atoms with Gasteiger partial charge in [-0.2, -0.15) is 0 Å². The summed E-state index contributed by atoms with van der Waals surface area (Å²) in [4.78, 5) is 0. The van der Waals surface area contributed by atoms with Gasteiger partial charge in [0.15, 0.2) is 11.6 Å². The quantitative estimate of drug-likeness (QED) is 0.778. The molecule has 0 fully saturated rings. The molecule has 1 aromatic carbocycles. The zero-order chi connectivity index (χ0) is 14.3. The molecular formula is C15H21F3O. The Morgan fingerprint density at radius 3 is 2.68 bits per heavy atom. The van der Waals surface area contributed by atoms with Gasteiger partial charge in [-0.3, -0.25) is 4.39 Å². The predicted octanol–water partition coefficient (Wildman–Crippen LogP) is 4.62. The maximum atomic E-state index is 14.0. The Bertz CT molecular complexity index is 393. The lowest BCUT2D eigenvalue weighted by Crippen LogP contribution is -2.16. The highest BCUT2D eigenvalue weighted by Gasteiger charge is 2.22. The molecule has 1 atom stereocenters. The van der Waals surface area contributed by atoms with Gasteiger partial charge in [-0.05, 0) is 42.4 Å². The molecule has 4 heteroatoms. The van der Waals surface area contributed by atoms with Crippen molar-refractivity contribution in [1.82, 2.24) is 0 Å². The first-order chi connectivity index (χ1) is 9.26. The Morgan fingerprint density at radius 2 is 2.05 bits per heavy atom. The van der Waals surface area contributed by atoms with Gasteiger partial charge in [0.2, 0.25) is 6.86 Å². The van der Waals surface area contributed by atoms with Crippen molar-refractivity contribution in [2.75, 3.05) is 14.0 Å². The highest BCUT2D eigenvalue weighted by molar-refractivity contribution is 5.39. The second kappa shape index (κ2) is 8.08.